The Balaban J connectivity index is 2.21. The standard InChI is InChI=1S/C14H21NO5S2/c1-11-3-5-12(6-4-11)22(18,19)20-8-2-9-21-10-7-13(15)14(16)17/h3-6,13H,2,7-10,15H2,1H3,(H,16,17)/t13-/m1/s1. The van der Waals surface area contributed by atoms with Crippen LogP contribution in [0.4, 0.5) is 0 Å². The van der Waals surface area contributed by atoms with E-state index in [1.54, 1.807) is 12.1 Å². The van der Waals surface area contributed by atoms with Crippen LogP contribution in [0.15, 0.2) is 29.2 Å². The number of hydrogen-bond donors (Lipinski definition) is 2. The molecule has 0 heterocycles. The third kappa shape index (κ3) is 6.78. The number of carbonyl (C=O) groups is 1. The minimum Gasteiger partial charge on any atom is -0.480 e. The van der Waals surface area contributed by atoms with Crippen LogP contribution in [-0.2, 0) is 19.1 Å². The monoisotopic (exact) mass is 347 g/mol. The highest BCUT2D eigenvalue weighted by Gasteiger charge is 2.14. The van der Waals surface area contributed by atoms with E-state index in [1.165, 1.54) is 23.9 Å². The minimum atomic E-state index is -3.70. The predicted molar refractivity (Wildman–Crippen MR) is 86.5 cm³/mol. The molecule has 0 bridgehead atoms. The van der Waals surface area contributed by atoms with Gasteiger partial charge in [-0.2, -0.15) is 20.2 Å². The van der Waals surface area contributed by atoms with Crippen molar-refractivity contribution in [2.75, 3.05) is 18.1 Å². The summed E-state index contributed by atoms with van der Waals surface area (Å²) in [7, 11) is -3.70. The van der Waals surface area contributed by atoms with Crippen molar-refractivity contribution in [3.8, 4) is 0 Å². The Labute approximate surface area is 135 Å². The topological polar surface area (TPSA) is 107 Å². The van der Waals surface area contributed by atoms with E-state index >= 15 is 0 Å². The Morgan fingerprint density at radius 2 is 1.95 bits per heavy atom. The lowest BCUT2D eigenvalue weighted by Gasteiger charge is -2.07. The number of aryl methyl sites for hydroxylation is 1. The van der Waals surface area contributed by atoms with Gasteiger partial charge in [-0.3, -0.25) is 8.98 Å². The van der Waals surface area contributed by atoms with Gasteiger partial charge < -0.3 is 10.8 Å². The highest BCUT2D eigenvalue weighted by atomic mass is 32.2. The summed E-state index contributed by atoms with van der Waals surface area (Å²) in [6, 6.07) is 5.64. The molecule has 6 nitrogen and oxygen atoms in total. The van der Waals surface area contributed by atoms with E-state index in [1.807, 2.05) is 6.92 Å². The normalized spacial score (nSPS) is 13.0. The molecule has 0 aliphatic rings. The molecule has 8 heteroatoms. The second kappa shape index (κ2) is 9.14. The minimum absolute atomic E-state index is 0.105. The summed E-state index contributed by atoms with van der Waals surface area (Å²) in [4.78, 5) is 10.7. The van der Waals surface area contributed by atoms with Gasteiger partial charge in [0.1, 0.15) is 6.04 Å². The van der Waals surface area contributed by atoms with Gasteiger partial charge in [-0.1, -0.05) is 17.7 Å². The molecule has 1 atom stereocenters. The largest absolute Gasteiger partial charge is 0.480 e. The van der Waals surface area contributed by atoms with E-state index in [2.05, 4.69) is 0 Å². The van der Waals surface area contributed by atoms with Crippen LogP contribution >= 0.6 is 11.8 Å². The summed E-state index contributed by atoms with van der Waals surface area (Å²) in [6.45, 7) is 1.99. The summed E-state index contributed by atoms with van der Waals surface area (Å²) in [5, 5.41) is 8.62. The molecular formula is C14H21NO5S2. The maximum atomic E-state index is 11.9. The molecule has 1 aromatic rings. The molecule has 0 aliphatic carbocycles. The first-order chi connectivity index (χ1) is 10.3. The number of carboxylic acids is 1. The molecule has 3 N–H and O–H groups in total. The highest BCUT2D eigenvalue weighted by Crippen LogP contribution is 2.14. The predicted octanol–water partition coefficient (Wildman–Crippen LogP) is 1.63. The SMILES string of the molecule is Cc1ccc(S(=O)(=O)OCCCSCC[C@@H](N)C(=O)O)cc1. The van der Waals surface area contributed by atoms with Gasteiger partial charge in [0, 0.05) is 0 Å². The summed E-state index contributed by atoms with van der Waals surface area (Å²) in [6.07, 6.45) is 0.959. The smallest absolute Gasteiger partial charge is 0.320 e. The average Bonchev–Trinajstić information content (AvgIpc) is 2.46. The van der Waals surface area contributed by atoms with E-state index in [0.717, 1.165) is 5.56 Å². The molecule has 0 unspecified atom stereocenters. The molecule has 0 radical (unpaired) electrons. The maximum Gasteiger partial charge on any atom is 0.320 e. The van der Waals surface area contributed by atoms with Crippen molar-refractivity contribution in [3.63, 3.8) is 0 Å². The van der Waals surface area contributed by atoms with Gasteiger partial charge in [0.25, 0.3) is 10.1 Å². The second-order valence-electron chi connectivity index (χ2n) is 4.79. The Hall–Kier alpha value is -1.09. The molecule has 1 rings (SSSR count). The molecule has 0 aromatic heterocycles. The number of aliphatic carboxylic acids is 1. The molecule has 0 fully saturated rings. The quantitative estimate of drug-likeness (QED) is 0.489. The van der Waals surface area contributed by atoms with Crippen LogP contribution in [0.2, 0.25) is 0 Å². The fourth-order valence-corrected chi connectivity index (χ4v) is 3.43. The number of carboxylic acid groups (broad SMARTS) is 1. The van der Waals surface area contributed by atoms with Gasteiger partial charge in [-0.15, -0.1) is 0 Å². The van der Waals surface area contributed by atoms with E-state index in [9.17, 15) is 13.2 Å². The summed E-state index contributed by atoms with van der Waals surface area (Å²) >= 11 is 1.53. The molecule has 0 saturated heterocycles. The van der Waals surface area contributed by atoms with Crippen molar-refractivity contribution in [2.24, 2.45) is 5.73 Å². The molecule has 0 aliphatic heterocycles. The van der Waals surface area contributed by atoms with E-state index in [4.69, 9.17) is 15.0 Å². The highest BCUT2D eigenvalue weighted by molar-refractivity contribution is 7.99. The van der Waals surface area contributed by atoms with Crippen molar-refractivity contribution in [1.29, 1.82) is 0 Å². The zero-order valence-electron chi connectivity index (χ0n) is 12.4. The number of nitrogens with two attached hydrogens (primary N) is 1. The average molecular weight is 347 g/mol. The summed E-state index contributed by atoms with van der Waals surface area (Å²) in [5.41, 5.74) is 6.35. The lowest BCUT2D eigenvalue weighted by molar-refractivity contribution is -0.138. The zero-order valence-corrected chi connectivity index (χ0v) is 14.0. The zero-order chi connectivity index (χ0) is 16.6. The van der Waals surface area contributed by atoms with Crippen molar-refractivity contribution in [3.05, 3.63) is 29.8 Å². The summed E-state index contributed by atoms with van der Waals surface area (Å²) < 4.78 is 28.7. The Morgan fingerprint density at radius 3 is 2.55 bits per heavy atom. The van der Waals surface area contributed by atoms with Crippen molar-refractivity contribution < 1.29 is 22.5 Å². The Morgan fingerprint density at radius 1 is 1.32 bits per heavy atom. The molecule has 124 valence electrons. The maximum absolute atomic E-state index is 11.9. The van der Waals surface area contributed by atoms with Crippen LogP contribution in [0.5, 0.6) is 0 Å². The summed E-state index contributed by atoms with van der Waals surface area (Å²) in [5.74, 6) is 0.307. The molecule has 1 aromatic carbocycles. The number of rotatable bonds is 10. The molecular weight excluding hydrogens is 326 g/mol. The van der Waals surface area contributed by atoms with Crippen LogP contribution in [-0.4, -0.2) is 43.6 Å². The van der Waals surface area contributed by atoms with Gasteiger partial charge in [-0.25, -0.2) is 0 Å². The van der Waals surface area contributed by atoms with Crippen LogP contribution in [0.1, 0.15) is 18.4 Å². The lowest BCUT2D eigenvalue weighted by Crippen LogP contribution is -2.30. The lowest BCUT2D eigenvalue weighted by atomic mass is 10.2. The molecule has 22 heavy (non-hydrogen) atoms. The van der Waals surface area contributed by atoms with Crippen LogP contribution in [0, 0.1) is 6.92 Å². The van der Waals surface area contributed by atoms with Crippen molar-refractivity contribution >= 4 is 27.8 Å². The molecule has 0 amide bonds. The first kappa shape index (κ1) is 19.0. The molecule has 0 spiro atoms. The van der Waals surface area contributed by atoms with Crippen molar-refractivity contribution in [1.82, 2.24) is 0 Å². The second-order valence-corrected chi connectivity index (χ2v) is 7.63. The van der Waals surface area contributed by atoms with Crippen LogP contribution < -0.4 is 5.73 Å². The van der Waals surface area contributed by atoms with E-state index in [-0.39, 0.29) is 11.5 Å². The first-order valence-electron chi connectivity index (χ1n) is 6.85. The third-order valence-corrected chi connectivity index (χ3v) is 5.30. The van der Waals surface area contributed by atoms with E-state index in [0.29, 0.717) is 24.3 Å². The fourth-order valence-electron chi connectivity index (χ4n) is 1.54. The van der Waals surface area contributed by atoms with E-state index < -0.39 is 22.1 Å². The molecule has 0 saturated carbocycles. The van der Waals surface area contributed by atoms with Gasteiger partial charge in [0.2, 0.25) is 0 Å². The van der Waals surface area contributed by atoms with Gasteiger partial charge in [0.05, 0.1) is 11.5 Å². The third-order valence-electron chi connectivity index (χ3n) is 2.87. The first-order valence-corrected chi connectivity index (χ1v) is 9.41. The number of benzene rings is 1. The Bertz CT molecular complexity index is 571. The van der Waals surface area contributed by atoms with Crippen LogP contribution in [0.3, 0.4) is 0 Å². The van der Waals surface area contributed by atoms with Crippen molar-refractivity contribution in [2.45, 2.75) is 30.7 Å². The van der Waals surface area contributed by atoms with Crippen LogP contribution in [0.25, 0.3) is 0 Å². The number of hydrogen-bond acceptors (Lipinski definition) is 6. The van der Waals surface area contributed by atoms with Gasteiger partial charge in [0.15, 0.2) is 0 Å². The van der Waals surface area contributed by atoms with Gasteiger partial charge >= 0.3 is 5.97 Å². The fraction of sp³-hybridized carbons (Fsp3) is 0.500. The number of thioether (sulfide) groups is 1. The Kier molecular flexibility index (Phi) is 7.88. The van der Waals surface area contributed by atoms with Gasteiger partial charge in [-0.05, 0) is 43.4 Å².